The van der Waals surface area contributed by atoms with Crippen molar-refractivity contribution in [3.63, 3.8) is 0 Å². The fourth-order valence-electron chi connectivity index (χ4n) is 2.79. The van der Waals surface area contributed by atoms with E-state index >= 15 is 0 Å². The summed E-state index contributed by atoms with van der Waals surface area (Å²) < 4.78 is 0. The maximum Gasteiger partial charge on any atom is 0.261 e. The molecule has 1 amide bonds. The molecule has 0 bridgehead atoms. The summed E-state index contributed by atoms with van der Waals surface area (Å²) in [5, 5.41) is 2.86. The molecule has 1 atom stereocenters. The summed E-state index contributed by atoms with van der Waals surface area (Å²) in [7, 11) is 0. The third-order valence-corrected chi connectivity index (χ3v) is 4.79. The molecule has 0 spiro atoms. The molecule has 4 heteroatoms. The zero-order valence-corrected chi connectivity index (χ0v) is 11.0. The Morgan fingerprint density at radius 2 is 2.47 bits per heavy atom. The molecule has 0 aliphatic carbocycles. The molecule has 0 saturated carbocycles. The highest BCUT2D eigenvalue weighted by Gasteiger charge is 2.23. The Labute approximate surface area is 106 Å². The van der Waals surface area contributed by atoms with Crippen LogP contribution in [0.1, 0.15) is 39.9 Å². The Morgan fingerprint density at radius 1 is 1.59 bits per heavy atom. The van der Waals surface area contributed by atoms with Crippen molar-refractivity contribution in [3.8, 4) is 0 Å². The number of thiophene rings is 1. The van der Waals surface area contributed by atoms with E-state index in [4.69, 9.17) is 0 Å². The van der Waals surface area contributed by atoms with E-state index in [0.29, 0.717) is 0 Å². The molecule has 3 heterocycles. The number of rotatable bonds is 2. The molecule has 1 aromatic heterocycles. The average molecular weight is 250 g/mol. The molecule has 1 aromatic rings. The highest BCUT2D eigenvalue weighted by Crippen LogP contribution is 2.28. The van der Waals surface area contributed by atoms with Gasteiger partial charge in [0.15, 0.2) is 0 Å². The molecule has 1 fully saturated rings. The molecule has 1 saturated heterocycles. The van der Waals surface area contributed by atoms with Gasteiger partial charge in [0.1, 0.15) is 0 Å². The maximum absolute atomic E-state index is 11.5. The van der Waals surface area contributed by atoms with Gasteiger partial charge in [-0.3, -0.25) is 9.69 Å². The topological polar surface area (TPSA) is 32.3 Å². The number of nitrogens with zero attached hydrogens (tertiary/aromatic N) is 1. The van der Waals surface area contributed by atoms with E-state index in [0.717, 1.165) is 23.9 Å². The summed E-state index contributed by atoms with van der Waals surface area (Å²) in [6, 6.07) is 2.21. The molecular weight excluding hydrogens is 232 g/mol. The van der Waals surface area contributed by atoms with Gasteiger partial charge in [-0.15, -0.1) is 11.3 Å². The summed E-state index contributed by atoms with van der Waals surface area (Å²) in [5.41, 5.74) is 1.19. The van der Waals surface area contributed by atoms with Crippen LogP contribution in [0.2, 0.25) is 0 Å². The standard InChI is InChI=1S/C13H18N2OS/c1-9-3-2-4-15(7-9)8-11-5-10-6-14-13(16)12(10)17-11/h5,9H,2-4,6-8H2,1H3,(H,14,16)/t9-/m0/s1. The minimum atomic E-state index is 0.114. The van der Waals surface area contributed by atoms with Gasteiger partial charge in [0.2, 0.25) is 0 Å². The van der Waals surface area contributed by atoms with Crippen LogP contribution in [0.15, 0.2) is 6.07 Å². The number of fused-ring (bicyclic) bond motifs is 1. The second-order valence-electron chi connectivity index (χ2n) is 5.23. The number of amides is 1. The van der Waals surface area contributed by atoms with Crippen molar-refractivity contribution in [1.29, 1.82) is 0 Å². The van der Waals surface area contributed by atoms with Gasteiger partial charge in [0, 0.05) is 24.5 Å². The van der Waals surface area contributed by atoms with Crippen LogP contribution in [0.4, 0.5) is 0 Å². The minimum Gasteiger partial charge on any atom is -0.347 e. The lowest BCUT2D eigenvalue weighted by Crippen LogP contribution is -2.33. The van der Waals surface area contributed by atoms with Crippen LogP contribution in [-0.2, 0) is 13.1 Å². The van der Waals surface area contributed by atoms with Gasteiger partial charge < -0.3 is 5.32 Å². The number of carbonyl (C=O) groups excluding carboxylic acids is 1. The number of nitrogens with one attached hydrogen (secondary N) is 1. The van der Waals surface area contributed by atoms with E-state index in [1.165, 1.54) is 36.4 Å². The van der Waals surface area contributed by atoms with Crippen LogP contribution >= 0.6 is 11.3 Å². The van der Waals surface area contributed by atoms with E-state index in [1.54, 1.807) is 11.3 Å². The number of piperidine rings is 1. The summed E-state index contributed by atoms with van der Waals surface area (Å²) in [6.07, 6.45) is 2.67. The highest BCUT2D eigenvalue weighted by atomic mass is 32.1. The first-order valence-electron chi connectivity index (χ1n) is 6.34. The maximum atomic E-state index is 11.5. The second kappa shape index (κ2) is 4.42. The van der Waals surface area contributed by atoms with E-state index in [1.807, 2.05) is 0 Å². The van der Waals surface area contributed by atoms with Gasteiger partial charge in [0.05, 0.1) is 4.88 Å². The Bertz CT molecular complexity index is 441. The smallest absolute Gasteiger partial charge is 0.261 e. The SMILES string of the molecule is C[C@H]1CCCN(Cc2cc3c(s2)C(=O)NC3)C1. The molecule has 3 nitrogen and oxygen atoms in total. The first-order valence-corrected chi connectivity index (χ1v) is 7.16. The van der Waals surface area contributed by atoms with Gasteiger partial charge in [-0.25, -0.2) is 0 Å². The van der Waals surface area contributed by atoms with Crippen LogP contribution in [-0.4, -0.2) is 23.9 Å². The van der Waals surface area contributed by atoms with Crippen LogP contribution in [0.5, 0.6) is 0 Å². The zero-order chi connectivity index (χ0) is 11.8. The third-order valence-electron chi connectivity index (χ3n) is 3.63. The van der Waals surface area contributed by atoms with E-state index in [9.17, 15) is 4.79 Å². The predicted molar refractivity (Wildman–Crippen MR) is 69.2 cm³/mol. The Balaban J connectivity index is 1.69. The fourth-order valence-corrected chi connectivity index (χ4v) is 3.93. The lowest BCUT2D eigenvalue weighted by Gasteiger charge is -2.30. The lowest BCUT2D eigenvalue weighted by atomic mass is 10.0. The molecule has 1 N–H and O–H groups in total. The number of carbonyl (C=O) groups is 1. The summed E-state index contributed by atoms with van der Waals surface area (Å²) >= 11 is 1.67. The predicted octanol–water partition coefficient (Wildman–Crippen LogP) is 2.22. The minimum absolute atomic E-state index is 0.114. The van der Waals surface area contributed by atoms with Crippen molar-refractivity contribution in [2.45, 2.75) is 32.9 Å². The summed E-state index contributed by atoms with van der Waals surface area (Å²) in [5.74, 6) is 0.933. The fraction of sp³-hybridized carbons (Fsp3) is 0.615. The summed E-state index contributed by atoms with van der Waals surface area (Å²) in [4.78, 5) is 16.3. The van der Waals surface area contributed by atoms with Crippen LogP contribution in [0, 0.1) is 5.92 Å². The zero-order valence-electron chi connectivity index (χ0n) is 10.2. The van der Waals surface area contributed by atoms with Crippen molar-refractivity contribution in [1.82, 2.24) is 10.2 Å². The average Bonchev–Trinajstić information content (AvgIpc) is 2.82. The molecule has 0 unspecified atom stereocenters. The quantitative estimate of drug-likeness (QED) is 0.873. The summed E-state index contributed by atoms with van der Waals surface area (Å²) in [6.45, 7) is 6.48. The van der Waals surface area contributed by atoms with Gasteiger partial charge in [-0.2, -0.15) is 0 Å². The lowest BCUT2D eigenvalue weighted by molar-refractivity contribution is 0.0969. The van der Waals surface area contributed by atoms with E-state index in [-0.39, 0.29) is 5.91 Å². The van der Waals surface area contributed by atoms with Gasteiger partial charge in [-0.1, -0.05) is 6.92 Å². The largest absolute Gasteiger partial charge is 0.347 e. The number of likely N-dealkylation sites (tertiary alicyclic amines) is 1. The first-order chi connectivity index (χ1) is 8.22. The van der Waals surface area contributed by atoms with Crippen molar-refractivity contribution in [2.75, 3.05) is 13.1 Å². The molecule has 3 rings (SSSR count). The van der Waals surface area contributed by atoms with E-state index < -0.39 is 0 Å². The van der Waals surface area contributed by atoms with Crippen molar-refractivity contribution >= 4 is 17.2 Å². The number of hydrogen-bond acceptors (Lipinski definition) is 3. The van der Waals surface area contributed by atoms with Gasteiger partial charge in [-0.05, 0) is 36.9 Å². The highest BCUT2D eigenvalue weighted by molar-refractivity contribution is 7.14. The number of hydrogen-bond donors (Lipinski definition) is 1. The molecular formula is C13H18N2OS. The Hall–Kier alpha value is -0.870. The molecule has 0 radical (unpaired) electrons. The monoisotopic (exact) mass is 250 g/mol. The molecule has 92 valence electrons. The van der Waals surface area contributed by atoms with Crippen molar-refractivity contribution in [2.24, 2.45) is 5.92 Å². The Morgan fingerprint density at radius 3 is 3.24 bits per heavy atom. The van der Waals surface area contributed by atoms with Gasteiger partial charge in [0.25, 0.3) is 5.91 Å². The van der Waals surface area contributed by atoms with Crippen molar-refractivity contribution in [3.05, 3.63) is 21.4 Å². The molecule has 2 aliphatic heterocycles. The molecule has 0 aromatic carbocycles. The second-order valence-corrected chi connectivity index (χ2v) is 6.37. The Kier molecular flexibility index (Phi) is 2.92. The molecule has 17 heavy (non-hydrogen) atoms. The van der Waals surface area contributed by atoms with Crippen LogP contribution in [0.3, 0.4) is 0 Å². The van der Waals surface area contributed by atoms with E-state index in [2.05, 4.69) is 23.2 Å². The van der Waals surface area contributed by atoms with Crippen LogP contribution < -0.4 is 5.32 Å². The van der Waals surface area contributed by atoms with Gasteiger partial charge >= 0.3 is 0 Å². The first kappa shape index (κ1) is 11.2. The third kappa shape index (κ3) is 2.24. The van der Waals surface area contributed by atoms with Crippen molar-refractivity contribution < 1.29 is 4.79 Å². The van der Waals surface area contributed by atoms with Crippen LogP contribution in [0.25, 0.3) is 0 Å². The molecule has 2 aliphatic rings. The normalized spacial score (nSPS) is 24.8.